The summed E-state index contributed by atoms with van der Waals surface area (Å²) in [5.74, 6) is -0.102. The molecule has 0 N–H and O–H groups in total. The van der Waals surface area contributed by atoms with Crippen molar-refractivity contribution in [3.63, 3.8) is 0 Å². The number of hydrogen-bond acceptors (Lipinski definition) is 3. The van der Waals surface area contributed by atoms with Gasteiger partial charge in [0.1, 0.15) is 0 Å². The van der Waals surface area contributed by atoms with Crippen molar-refractivity contribution in [3.8, 4) is 0 Å². The highest BCUT2D eigenvalue weighted by atomic mass is 32.1. The molecule has 0 aromatic rings. The third-order valence-electron chi connectivity index (χ3n) is 2.05. The van der Waals surface area contributed by atoms with Crippen LogP contribution in [0.15, 0.2) is 0 Å². The number of ether oxygens (including phenoxy) is 1. The number of thiol groups is 1. The summed E-state index contributed by atoms with van der Waals surface area (Å²) < 4.78 is 5.05. The van der Waals surface area contributed by atoms with Gasteiger partial charge in [-0.05, 0) is 12.8 Å². The van der Waals surface area contributed by atoms with Crippen molar-refractivity contribution in [1.82, 2.24) is 0 Å². The summed E-state index contributed by atoms with van der Waals surface area (Å²) in [4.78, 5) is 11.2. The van der Waals surface area contributed by atoms with Crippen LogP contribution in [0.5, 0.6) is 0 Å². The van der Waals surface area contributed by atoms with Crippen LogP contribution in [0, 0.1) is 0 Å². The predicted molar refractivity (Wildman–Crippen MR) is 62.8 cm³/mol. The molecule has 0 heterocycles. The second-order valence-electron chi connectivity index (χ2n) is 3.57. The third kappa shape index (κ3) is 8.42. The van der Waals surface area contributed by atoms with Crippen LogP contribution in [0.4, 0.5) is 0 Å². The Kier molecular flexibility index (Phi) is 9.26. The van der Waals surface area contributed by atoms with Crippen LogP contribution in [0.2, 0.25) is 0 Å². The van der Waals surface area contributed by atoms with E-state index in [-0.39, 0.29) is 11.2 Å². The molecule has 0 amide bonds. The zero-order valence-electron chi connectivity index (χ0n) is 9.29. The minimum atomic E-state index is -0.102. The first kappa shape index (κ1) is 13.8. The highest BCUT2D eigenvalue weighted by molar-refractivity contribution is 7.81. The summed E-state index contributed by atoms with van der Waals surface area (Å²) in [5.41, 5.74) is 0. The molecule has 0 saturated heterocycles. The van der Waals surface area contributed by atoms with E-state index < -0.39 is 0 Å². The lowest BCUT2D eigenvalue weighted by molar-refractivity contribution is -0.143. The Morgan fingerprint density at radius 1 is 1.29 bits per heavy atom. The van der Waals surface area contributed by atoms with Gasteiger partial charge in [-0.25, -0.2) is 0 Å². The molecule has 0 saturated carbocycles. The molecule has 0 aliphatic rings. The second-order valence-corrected chi connectivity index (χ2v) is 4.30. The van der Waals surface area contributed by atoms with Crippen LogP contribution in [-0.4, -0.2) is 17.8 Å². The van der Waals surface area contributed by atoms with Crippen LogP contribution in [0.3, 0.4) is 0 Å². The summed E-state index contributed by atoms with van der Waals surface area (Å²) in [5, 5.41) is 0.170. The molecule has 2 nitrogen and oxygen atoms in total. The molecule has 0 spiro atoms. The molecule has 0 aliphatic heterocycles. The normalized spacial score (nSPS) is 12.5. The summed E-state index contributed by atoms with van der Waals surface area (Å²) in [7, 11) is 0. The zero-order valence-corrected chi connectivity index (χ0v) is 10.2. The van der Waals surface area contributed by atoms with Crippen LogP contribution >= 0.6 is 12.6 Å². The molecule has 0 rings (SSSR count). The van der Waals surface area contributed by atoms with Crippen LogP contribution in [-0.2, 0) is 9.53 Å². The van der Waals surface area contributed by atoms with Crippen molar-refractivity contribution in [1.29, 1.82) is 0 Å². The van der Waals surface area contributed by atoms with Gasteiger partial charge in [0.05, 0.1) is 13.0 Å². The zero-order chi connectivity index (χ0) is 10.8. The van der Waals surface area contributed by atoms with E-state index in [1.54, 1.807) is 0 Å². The lowest BCUT2D eigenvalue weighted by atomic mass is 10.1. The van der Waals surface area contributed by atoms with Crippen LogP contribution < -0.4 is 0 Å². The van der Waals surface area contributed by atoms with Crippen molar-refractivity contribution < 1.29 is 9.53 Å². The summed E-state index contributed by atoms with van der Waals surface area (Å²) in [6, 6.07) is 0. The molecular formula is C11H22O2S. The van der Waals surface area contributed by atoms with Crippen molar-refractivity contribution in [2.24, 2.45) is 0 Å². The third-order valence-corrected chi connectivity index (χ3v) is 2.49. The van der Waals surface area contributed by atoms with Crippen LogP contribution in [0.1, 0.15) is 52.4 Å². The fourth-order valence-corrected chi connectivity index (χ4v) is 1.46. The second kappa shape index (κ2) is 9.38. The molecule has 84 valence electrons. The van der Waals surface area contributed by atoms with Gasteiger partial charge in [-0.15, -0.1) is 0 Å². The van der Waals surface area contributed by atoms with Gasteiger partial charge in [-0.3, -0.25) is 4.79 Å². The largest absolute Gasteiger partial charge is 0.466 e. The molecular weight excluding hydrogens is 196 g/mol. The van der Waals surface area contributed by atoms with Crippen molar-refractivity contribution in [2.45, 2.75) is 57.6 Å². The molecule has 14 heavy (non-hydrogen) atoms. The fraction of sp³-hybridized carbons (Fsp3) is 0.909. The Hall–Kier alpha value is -0.180. The van der Waals surface area contributed by atoms with Gasteiger partial charge in [0.15, 0.2) is 0 Å². The van der Waals surface area contributed by atoms with Gasteiger partial charge >= 0.3 is 5.97 Å². The van der Waals surface area contributed by atoms with Gasteiger partial charge in [-0.1, -0.05) is 33.1 Å². The highest BCUT2D eigenvalue weighted by Gasteiger charge is 2.09. The number of hydrogen-bond donors (Lipinski definition) is 1. The molecule has 0 aromatic carbocycles. The molecule has 3 heteroatoms. The van der Waals surface area contributed by atoms with E-state index in [1.165, 1.54) is 0 Å². The average Bonchev–Trinajstić information content (AvgIpc) is 2.15. The van der Waals surface area contributed by atoms with E-state index in [1.807, 2.05) is 0 Å². The predicted octanol–water partition coefficient (Wildman–Crippen LogP) is 3.21. The van der Waals surface area contributed by atoms with E-state index in [4.69, 9.17) is 4.74 Å². The number of esters is 1. The first-order chi connectivity index (χ1) is 6.70. The summed E-state index contributed by atoms with van der Waals surface area (Å²) in [6.07, 6.45) is 5.76. The van der Waals surface area contributed by atoms with E-state index in [0.29, 0.717) is 13.0 Å². The standard InChI is InChI=1S/C11H22O2S/c1-3-5-7-10(14)9-11(12)13-8-6-4-2/h10,14H,3-9H2,1-2H3. The lowest BCUT2D eigenvalue weighted by Crippen LogP contribution is -2.12. The molecule has 0 bridgehead atoms. The average molecular weight is 218 g/mol. The van der Waals surface area contributed by atoms with Crippen molar-refractivity contribution >= 4 is 18.6 Å². The number of rotatable bonds is 8. The van der Waals surface area contributed by atoms with E-state index in [0.717, 1.165) is 32.1 Å². The number of carbonyl (C=O) groups excluding carboxylic acids is 1. The smallest absolute Gasteiger partial charge is 0.306 e. The molecule has 1 unspecified atom stereocenters. The maximum absolute atomic E-state index is 11.2. The Bertz CT molecular complexity index is 148. The maximum atomic E-state index is 11.2. The first-order valence-electron chi connectivity index (χ1n) is 5.54. The molecule has 0 radical (unpaired) electrons. The Morgan fingerprint density at radius 2 is 1.93 bits per heavy atom. The summed E-state index contributed by atoms with van der Waals surface area (Å²) >= 11 is 4.35. The van der Waals surface area contributed by atoms with Crippen molar-refractivity contribution in [3.05, 3.63) is 0 Å². The van der Waals surface area contributed by atoms with Crippen LogP contribution in [0.25, 0.3) is 0 Å². The van der Waals surface area contributed by atoms with Gasteiger partial charge in [0.2, 0.25) is 0 Å². The van der Waals surface area contributed by atoms with E-state index in [9.17, 15) is 4.79 Å². The lowest BCUT2D eigenvalue weighted by Gasteiger charge is -2.09. The minimum absolute atomic E-state index is 0.102. The van der Waals surface area contributed by atoms with Gasteiger partial charge in [0, 0.05) is 5.25 Å². The number of unbranched alkanes of at least 4 members (excludes halogenated alkanes) is 2. The quantitative estimate of drug-likeness (QED) is 0.385. The minimum Gasteiger partial charge on any atom is -0.466 e. The van der Waals surface area contributed by atoms with Crippen molar-refractivity contribution in [2.75, 3.05) is 6.61 Å². The summed E-state index contributed by atoms with van der Waals surface area (Å²) in [6.45, 7) is 4.78. The number of carbonyl (C=O) groups is 1. The van der Waals surface area contributed by atoms with E-state index in [2.05, 4.69) is 26.5 Å². The van der Waals surface area contributed by atoms with Gasteiger partial charge < -0.3 is 4.74 Å². The molecule has 0 aromatic heterocycles. The maximum Gasteiger partial charge on any atom is 0.306 e. The monoisotopic (exact) mass is 218 g/mol. The van der Waals surface area contributed by atoms with E-state index >= 15 is 0 Å². The molecule has 0 fully saturated rings. The highest BCUT2D eigenvalue weighted by Crippen LogP contribution is 2.11. The first-order valence-corrected chi connectivity index (χ1v) is 6.06. The fourth-order valence-electron chi connectivity index (χ4n) is 1.12. The molecule has 1 atom stereocenters. The topological polar surface area (TPSA) is 26.3 Å². The van der Waals surface area contributed by atoms with Gasteiger partial charge in [0.25, 0.3) is 0 Å². The Morgan fingerprint density at radius 3 is 2.50 bits per heavy atom. The molecule has 0 aliphatic carbocycles. The Labute approximate surface area is 92.8 Å². The Balaban J connectivity index is 3.40. The SMILES string of the molecule is CCCCOC(=O)CC(S)CCCC. The van der Waals surface area contributed by atoms with Gasteiger partial charge in [-0.2, -0.15) is 12.6 Å².